The lowest BCUT2D eigenvalue weighted by Gasteiger charge is -2.08. The topological polar surface area (TPSA) is 82.0 Å². The highest BCUT2D eigenvalue weighted by atomic mass is 19.2. The number of fused-ring (bicyclic) bond motifs is 1. The third-order valence-electron chi connectivity index (χ3n) is 4.23. The summed E-state index contributed by atoms with van der Waals surface area (Å²) in [5.41, 5.74) is 0.554. The molecule has 27 heavy (non-hydrogen) atoms. The Labute approximate surface area is 150 Å². The second-order valence-electron chi connectivity index (χ2n) is 5.85. The fourth-order valence-corrected chi connectivity index (χ4v) is 3.06. The van der Waals surface area contributed by atoms with Gasteiger partial charge < -0.3 is 10.6 Å². The van der Waals surface area contributed by atoms with E-state index in [1.807, 2.05) is 6.07 Å². The highest BCUT2D eigenvalue weighted by Gasteiger charge is 2.41. The van der Waals surface area contributed by atoms with Gasteiger partial charge in [0.2, 0.25) is 0 Å². The molecule has 0 atom stereocenters. The molecule has 2 aliphatic rings. The van der Waals surface area contributed by atoms with Crippen molar-refractivity contribution in [1.82, 2.24) is 10.6 Å². The average molecular weight is 367 g/mol. The van der Waals surface area contributed by atoms with Crippen LogP contribution < -0.4 is 10.6 Å². The molecule has 8 heteroatoms. The number of halogens is 3. The number of nitrogens with zero attached hydrogens (tertiary/aromatic N) is 1. The molecule has 0 radical (unpaired) electrons. The largest absolute Gasteiger partial charge is 0.321 e. The van der Waals surface area contributed by atoms with Gasteiger partial charge in [-0.2, -0.15) is 5.26 Å². The predicted octanol–water partition coefficient (Wildman–Crippen LogP) is 2.36. The van der Waals surface area contributed by atoms with Gasteiger partial charge in [0.25, 0.3) is 11.8 Å². The minimum Gasteiger partial charge on any atom is -0.321 e. The molecule has 132 valence electrons. The minimum atomic E-state index is -1.64. The van der Waals surface area contributed by atoms with Crippen molar-refractivity contribution in [2.24, 2.45) is 0 Å². The van der Waals surface area contributed by atoms with Gasteiger partial charge in [0.15, 0.2) is 17.5 Å². The van der Waals surface area contributed by atoms with E-state index in [1.54, 1.807) is 18.2 Å². The summed E-state index contributed by atoms with van der Waals surface area (Å²) in [4.78, 5) is 24.9. The lowest BCUT2D eigenvalue weighted by Crippen LogP contribution is -2.21. The Bertz CT molecular complexity index is 1140. The fraction of sp³-hybridized carbons (Fsp3) is 0. The van der Waals surface area contributed by atoms with E-state index >= 15 is 0 Å². The van der Waals surface area contributed by atoms with E-state index < -0.39 is 29.3 Å². The molecule has 5 nitrogen and oxygen atoms in total. The molecule has 0 aliphatic carbocycles. The number of carbonyl (C=O) groups excluding carboxylic acids is 2. The Hall–Kier alpha value is -3.86. The first-order valence-electron chi connectivity index (χ1n) is 7.67. The molecule has 2 amide bonds. The maximum Gasteiger partial charge on any atom is 0.258 e. The first-order chi connectivity index (χ1) is 12.9. The highest BCUT2D eigenvalue weighted by molar-refractivity contribution is 6.30. The molecule has 0 unspecified atom stereocenters. The fourth-order valence-electron chi connectivity index (χ4n) is 3.06. The van der Waals surface area contributed by atoms with Gasteiger partial charge in [-0.25, -0.2) is 13.2 Å². The monoisotopic (exact) mass is 367 g/mol. The first kappa shape index (κ1) is 16.6. The molecule has 0 saturated carbocycles. The maximum absolute atomic E-state index is 13.6. The van der Waals surface area contributed by atoms with Gasteiger partial charge >= 0.3 is 0 Å². The Balaban J connectivity index is 1.92. The van der Waals surface area contributed by atoms with E-state index in [2.05, 4.69) is 10.6 Å². The predicted molar refractivity (Wildman–Crippen MR) is 87.6 cm³/mol. The Morgan fingerprint density at radius 3 is 1.93 bits per heavy atom. The van der Waals surface area contributed by atoms with Crippen LogP contribution in [-0.4, -0.2) is 11.8 Å². The van der Waals surface area contributed by atoms with Gasteiger partial charge in [0.1, 0.15) is 0 Å². The van der Waals surface area contributed by atoms with Crippen molar-refractivity contribution in [3.8, 4) is 6.07 Å². The Kier molecular flexibility index (Phi) is 3.59. The highest BCUT2D eigenvalue weighted by Crippen LogP contribution is 2.37. The number of rotatable bonds is 2. The standard InChI is InChI=1S/C19H8F3N3O2/c20-11-5-10(6-12(21)15(11)22)17-14-13(18(26)25-17)16(24-19(14)27)9-3-1-2-8(4-9)7-23/h1-6H,(H,24,27)(H,25,26). The summed E-state index contributed by atoms with van der Waals surface area (Å²) in [5, 5.41) is 14.0. The number of nitrogens with one attached hydrogen (secondary N) is 2. The second kappa shape index (κ2) is 5.85. The lowest BCUT2D eigenvalue weighted by molar-refractivity contribution is -0.117. The van der Waals surface area contributed by atoms with Crippen LogP contribution >= 0.6 is 0 Å². The van der Waals surface area contributed by atoms with Crippen molar-refractivity contribution in [1.29, 1.82) is 5.26 Å². The SMILES string of the molecule is N#Cc1cccc(C2=C3C(=O)NC(c4cc(F)c(F)c(F)c4)=C3C(=O)N2)c1. The summed E-state index contributed by atoms with van der Waals surface area (Å²) in [5.74, 6) is -5.83. The molecule has 0 fully saturated rings. The van der Waals surface area contributed by atoms with Crippen LogP contribution in [0.2, 0.25) is 0 Å². The van der Waals surface area contributed by atoms with Gasteiger partial charge in [-0.15, -0.1) is 0 Å². The molecule has 2 aromatic carbocycles. The van der Waals surface area contributed by atoms with Crippen LogP contribution in [0.5, 0.6) is 0 Å². The third-order valence-corrected chi connectivity index (χ3v) is 4.23. The van der Waals surface area contributed by atoms with Crippen LogP contribution in [0.25, 0.3) is 11.4 Å². The molecule has 0 aromatic heterocycles. The number of nitriles is 1. The summed E-state index contributed by atoms with van der Waals surface area (Å²) in [6.45, 7) is 0. The molecule has 4 rings (SSSR count). The van der Waals surface area contributed by atoms with E-state index in [-0.39, 0.29) is 28.1 Å². The molecular formula is C19H8F3N3O2. The molecule has 2 N–H and O–H groups in total. The number of carbonyl (C=O) groups is 2. The molecule has 0 spiro atoms. The second-order valence-corrected chi connectivity index (χ2v) is 5.85. The van der Waals surface area contributed by atoms with Crippen LogP contribution in [-0.2, 0) is 9.59 Å². The molecular weight excluding hydrogens is 359 g/mol. The van der Waals surface area contributed by atoms with E-state index in [9.17, 15) is 22.8 Å². The van der Waals surface area contributed by atoms with Crippen molar-refractivity contribution in [2.75, 3.05) is 0 Å². The first-order valence-corrected chi connectivity index (χ1v) is 7.67. The molecule has 0 saturated heterocycles. The van der Waals surface area contributed by atoms with E-state index in [0.29, 0.717) is 23.3 Å². The average Bonchev–Trinajstić information content (AvgIpc) is 3.18. The summed E-state index contributed by atoms with van der Waals surface area (Å²) >= 11 is 0. The van der Waals surface area contributed by atoms with Crippen molar-refractivity contribution in [3.63, 3.8) is 0 Å². The van der Waals surface area contributed by atoms with Crippen molar-refractivity contribution in [2.45, 2.75) is 0 Å². The van der Waals surface area contributed by atoms with Crippen LogP contribution in [0.3, 0.4) is 0 Å². The smallest absolute Gasteiger partial charge is 0.258 e. The van der Waals surface area contributed by atoms with Crippen LogP contribution in [0.1, 0.15) is 16.7 Å². The quantitative estimate of drug-likeness (QED) is 0.800. The summed E-state index contributed by atoms with van der Waals surface area (Å²) in [6.07, 6.45) is 0. The zero-order chi connectivity index (χ0) is 19.3. The molecule has 0 bridgehead atoms. The van der Waals surface area contributed by atoms with Gasteiger partial charge in [0.05, 0.1) is 34.2 Å². The Morgan fingerprint density at radius 2 is 1.37 bits per heavy atom. The van der Waals surface area contributed by atoms with Gasteiger partial charge in [-0.1, -0.05) is 12.1 Å². The van der Waals surface area contributed by atoms with E-state index in [0.717, 1.165) is 0 Å². The van der Waals surface area contributed by atoms with Crippen LogP contribution in [0.4, 0.5) is 13.2 Å². The molecule has 2 aliphatic heterocycles. The third kappa shape index (κ3) is 2.48. The van der Waals surface area contributed by atoms with Crippen molar-refractivity contribution in [3.05, 3.63) is 81.7 Å². The van der Waals surface area contributed by atoms with Crippen LogP contribution in [0, 0.1) is 28.8 Å². The number of benzene rings is 2. The normalized spacial score (nSPS) is 15.6. The minimum absolute atomic E-state index is 0.00442. The summed E-state index contributed by atoms with van der Waals surface area (Å²) < 4.78 is 40.3. The molecule has 2 heterocycles. The van der Waals surface area contributed by atoms with Crippen molar-refractivity contribution < 1.29 is 22.8 Å². The van der Waals surface area contributed by atoms with Gasteiger partial charge in [-0.3, -0.25) is 9.59 Å². The van der Waals surface area contributed by atoms with Gasteiger partial charge in [0, 0.05) is 11.1 Å². The van der Waals surface area contributed by atoms with Gasteiger partial charge in [-0.05, 0) is 24.3 Å². The number of hydrogen-bond donors (Lipinski definition) is 2. The lowest BCUT2D eigenvalue weighted by atomic mass is 10.0. The zero-order valence-corrected chi connectivity index (χ0v) is 13.4. The summed E-state index contributed by atoms with van der Waals surface area (Å²) in [6, 6.07) is 9.61. The van der Waals surface area contributed by atoms with Crippen molar-refractivity contribution >= 4 is 23.2 Å². The number of hydrogen-bond acceptors (Lipinski definition) is 3. The maximum atomic E-state index is 13.6. The van der Waals surface area contributed by atoms with E-state index in [1.165, 1.54) is 6.07 Å². The number of amides is 2. The zero-order valence-electron chi connectivity index (χ0n) is 13.4. The van der Waals surface area contributed by atoms with Crippen LogP contribution in [0.15, 0.2) is 47.5 Å². The molecule has 2 aromatic rings. The van der Waals surface area contributed by atoms with E-state index in [4.69, 9.17) is 5.26 Å². The Morgan fingerprint density at radius 1 is 0.815 bits per heavy atom. The summed E-state index contributed by atoms with van der Waals surface area (Å²) in [7, 11) is 0.